The van der Waals surface area contributed by atoms with Gasteiger partial charge in [0.15, 0.2) is 6.10 Å². The number of benzene rings is 2. The van der Waals surface area contributed by atoms with Crippen molar-refractivity contribution >= 4 is 31.7 Å². The minimum absolute atomic E-state index is 0.000555. The summed E-state index contributed by atoms with van der Waals surface area (Å²) in [6, 6.07) is 17.8. The first-order valence-corrected chi connectivity index (χ1v) is 15.4. The molecule has 44 heavy (non-hydrogen) atoms. The van der Waals surface area contributed by atoms with Crippen molar-refractivity contribution < 1.29 is 60.7 Å². The van der Waals surface area contributed by atoms with E-state index in [2.05, 4.69) is 0 Å². The predicted octanol–water partition coefficient (Wildman–Crippen LogP) is 3.59. The molecule has 0 heterocycles. The fraction of sp³-hybridized carbons (Fsp3) is 0.467. The maximum absolute atomic E-state index is 13.1. The molecule has 2 rings (SSSR count). The molecule has 14 heteroatoms. The van der Waals surface area contributed by atoms with E-state index in [1.165, 1.54) is 0 Å². The number of likely N-dealkylation sites (N-methyl/N-ethyl adjacent to an activating group) is 1. The van der Waals surface area contributed by atoms with E-state index in [0.717, 1.165) is 11.1 Å². The summed E-state index contributed by atoms with van der Waals surface area (Å²) >= 11 is 0. The Morgan fingerprint density at radius 2 is 1.18 bits per heavy atom. The molecule has 0 amide bonds. The molecule has 2 atom stereocenters. The SMILES string of the molecule is CCOP(=O)(OCC[N+](C)(C)C)OCC(COC(=O)CC(=O)OCc1ccccc1)OC(=O)CC(=O)OCc1ccccc1. The highest BCUT2D eigenvalue weighted by Gasteiger charge is 2.31. The van der Waals surface area contributed by atoms with E-state index in [1.54, 1.807) is 55.5 Å². The number of carbonyl (C=O) groups excluding carboxylic acids is 4. The van der Waals surface area contributed by atoms with Gasteiger partial charge in [0.05, 0.1) is 34.4 Å². The average Bonchev–Trinajstić information content (AvgIpc) is 2.97. The van der Waals surface area contributed by atoms with Gasteiger partial charge in [0, 0.05) is 0 Å². The highest BCUT2D eigenvalue weighted by atomic mass is 31.2. The molecule has 2 unspecified atom stereocenters. The van der Waals surface area contributed by atoms with E-state index in [9.17, 15) is 23.7 Å². The van der Waals surface area contributed by atoms with Gasteiger partial charge in [-0.1, -0.05) is 60.7 Å². The Morgan fingerprint density at radius 1 is 0.682 bits per heavy atom. The zero-order valence-corrected chi connectivity index (χ0v) is 26.4. The molecule has 0 spiro atoms. The average molecular weight is 639 g/mol. The third kappa shape index (κ3) is 16.3. The lowest BCUT2D eigenvalue weighted by atomic mass is 10.2. The van der Waals surface area contributed by atoms with Crippen LogP contribution in [0, 0.1) is 0 Å². The topological polar surface area (TPSA) is 150 Å². The summed E-state index contributed by atoms with van der Waals surface area (Å²) in [6.07, 6.45) is -2.78. The van der Waals surface area contributed by atoms with Crippen LogP contribution in [0.15, 0.2) is 60.7 Å². The van der Waals surface area contributed by atoms with Gasteiger partial charge in [-0.3, -0.25) is 32.7 Å². The maximum atomic E-state index is 13.1. The van der Waals surface area contributed by atoms with Crippen molar-refractivity contribution in [3.05, 3.63) is 71.8 Å². The molecule has 242 valence electrons. The van der Waals surface area contributed by atoms with Crippen molar-refractivity contribution in [2.24, 2.45) is 0 Å². The molecule has 0 aliphatic heterocycles. The van der Waals surface area contributed by atoms with Crippen LogP contribution in [0.2, 0.25) is 0 Å². The molecule has 0 saturated heterocycles. The fourth-order valence-electron chi connectivity index (χ4n) is 3.27. The molecule has 2 aromatic rings. The normalized spacial score (nSPS) is 13.3. The van der Waals surface area contributed by atoms with E-state index in [4.69, 9.17) is 32.5 Å². The molecule has 0 saturated carbocycles. The zero-order chi connectivity index (χ0) is 32.4. The van der Waals surface area contributed by atoms with Crippen molar-refractivity contribution in [3.63, 3.8) is 0 Å². The Labute approximate surface area is 257 Å². The van der Waals surface area contributed by atoms with Gasteiger partial charge in [-0.25, -0.2) is 4.57 Å². The van der Waals surface area contributed by atoms with Gasteiger partial charge in [-0.2, -0.15) is 0 Å². The smallest absolute Gasteiger partial charge is 0.461 e. The predicted molar refractivity (Wildman–Crippen MR) is 157 cm³/mol. The van der Waals surface area contributed by atoms with E-state index >= 15 is 0 Å². The maximum Gasteiger partial charge on any atom is 0.475 e. The Balaban J connectivity index is 1.95. The number of phosphoric ester groups is 1. The van der Waals surface area contributed by atoms with Gasteiger partial charge in [0.25, 0.3) is 0 Å². The summed E-state index contributed by atoms with van der Waals surface area (Å²) < 4.78 is 50.2. The minimum Gasteiger partial charge on any atom is -0.461 e. The number of phosphoric acid groups is 1. The molecule has 0 fully saturated rings. The molecular weight excluding hydrogens is 597 g/mol. The standard InChI is InChI=1S/C30H41NO12P/c1-5-40-44(36,41-17-16-31(2,3)4)42-23-26(43-30(35)19-29(34)38-21-25-14-10-7-11-15-25)22-39-28(33)18-27(32)37-20-24-12-8-6-9-13-24/h6-15,26H,5,16-23H2,1-4H3/q+1. The summed E-state index contributed by atoms with van der Waals surface area (Å²) in [4.78, 5) is 49.1. The van der Waals surface area contributed by atoms with Crippen LogP contribution >= 0.6 is 7.82 Å². The third-order valence-electron chi connectivity index (χ3n) is 5.51. The molecule has 0 N–H and O–H groups in total. The van der Waals surface area contributed by atoms with E-state index in [0.29, 0.717) is 11.0 Å². The van der Waals surface area contributed by atoms with Gasteiger partial charge in [-0.05, 0) is 18.1 Å². The van der Waals surface area contributed by atoms with Crippen LogP contribution in [0.1, 0.15) is 30.9 Å². The molecule has 0 aliphatic carbocycles. The molecule has 2 aromatic carbocycles. The number of rotatable bonds is 20. The van der Waals surface area contributed by atoms with Crippen molar-refractivity contribution in [3.8, 4) is 0 Å². The zero-order valence-electron chi connectivity index (χ0n) is 25.5. The molecule has 13 nitrogen and oxygen atoms in total. The number of quaternary nitrogens is 1. The largest absolute Gasteiger partial charge is 0.475 e. The molecule has 0 aromatic heterocycles. The van der Waals surface area contributed by atoms with Crippen LogP contribution in [0.4, 0.5) is 0 Å². The summed E-state index contributed by atoms with van der Waals surface area (Å²) in [6.45, 7) is 0.900. The first-order chi connectivity index (χ1) is 20.9. The number of esters is 4. The Morgan fingerprint density at radius 3 is 1.68 bits per heavy atom. The monoisotopic (exact) mass is 638 g/mol. The lowest BCUT2D eigenvalue weighted by Gasteiger charge is -2.25. The summed E-state index contributed by atoms with van der Waals surface area (Å²) in [7, 11) is 1.67. The first kappa shape index (κ1) is 36.6. The number of hydrogen-bond acceptors (Lipinski definition) is 12. The van der Waals surface area contributed by atoms with Crippen molar-refractivity contribution in [1.82, 2.24) is 0 Å². The second-order valence-electron chi connectivity index (χ2n) is 10.4. The quantitative estimate of drug-likeness (QED) is 0.0686. The summed E-state index contributed by atoms with van der Waals surface area (Å²) in [5, 5.41) is 0. The second-order valence-corrected chi connectivity index (χ2v) is 12.1. The molecular formula is C30H41NO12P+. The van der Waals surface area contributed by atoms with E-state index in [1.807, 2.05) is 33.3 Å². The molecule has 0 radical (unpaired) electrons. The fourth-order valence-corrected chi connectivity index (χ4v) is 4.46. The van der Waals surface area contributed by atoms with Crippen LogP contribution in [0.3, 0.4) is 0 Å². The summed E-state index contributed by atoms with van der Waals surface area (Å²) in [5.74, 6) is -3.64. The highest BCUT2D eigenvalue weighted by molar-refractivity contribution is 7.48. The second kappa shape index (κ2) is 18.9. The van der Waals surface area contributed by atoms with Gasteiger partial charge in [0.2, 0.25) is 0 Å². The number of carbonyl (C=O) groups is 4. The van der Waals surface area contributed by atoms with Gasteiger partial charge in [0.1, 0.15) is 45.8 Å². The third-order valence-corrected chi connectivity index (χ3v) is 7.05. The minimum atomic E-state index is -4.09. The van der Waals surface area contributed by atoms with Gasteiger partial charge in [-0.15, -0.1) is 0 Å². The van der Waals surface area contributed by atoms with Crippen LogP contribution in [0.5, 0.6) is 0 Å². The van der Waals surface area contributed by atoms with Crippen LogP contribution in [-0.4, -0.2) is 88.6 Å². The first-order valence-electron chi connectivity index (χ1n) is 14.0. The Kier molecular flexibility index (Phi) is 15.7. The molecule has 0 aliphatic rings. The highest BCUT2D eigenvalue weighted by Crippen LogP contribution is 2.49. The van der Waals surface area contributed by atoms with Crippen molar-refractivity contribution in [2.75, 3.05) is 54.1 Å². The van der Waals surface area contributed by atoms with E-state index < -0.39 is 63.9 Å². The van der Waals surface area contributed by atoms with Gasteiger partial charge >= 0.3 is 31.7 Å². The lowest BCUT2D eigenvalue weighted by Crippen LogP contribution is -2.37. The lowest BCUT2D eigenvalue weighted by molar-refractivity contribution is -0.870. The van der Waals surface area contributed by atoms with E-state index in [-0.39, 0.29) is 26.4 Å². The molecule has 0 bridgehead atoms. The van der Waals surface area contributed by atoms with Crippen LogP contribution < -0.4 is 0 Å². The number of nitrogens with zero attached hydrogens (tertiary/aromatic N) is 1. The van der Waals surface area contributed by atoms with Gasteiger partial charge < -0.3 is 23.4 Å². The van der Waals surface area contributed by atoms with Crippen molar-refractivity contribution in [2.45, 2.75) is 39.1 Å². The summed E-state index contributed by atoms with van der Waals surface area (Å²) in [5.41, 5.74) is 1.47. The van der Waals surface area contributed by atoms with Crippen LogP contribution in [-0.2, 0) is 69.5 Å². The Bertz CT molecular complexity index is 1230. The van der Waals surface area contributed by atoms with Crippen LogP contribution in [0.25, 0.3) is 0 Å². The Hall–Kier alpha value is -3.61. The number of ether oxygens (including phenoxy) is 4. The number of hydrogen-bond donors (Lipinski definition) is 0. The van der Waals surface area contributed by atoms with Crippen molar-refractivity contribution in [1.29, 1.82) is 0 Å².